The average Bonchev–Trinajstić information content (AvgIpc) is 2.28. The van der Waals surface area contributed by atoms with Gasteiger partial charge in [-0.1, -0.05) is 32.9 Å². The van der Waals surface area contributed by atoms with Crippen molar-refractivity contribution in [2.75, 3.05) is 6.54 Å². The van der Waals surface area contributed by atoms with E-state index in [1.807, 2.05) is 13.8 Å². The zero-order chi connectivity index (χ0) is 12.6. The molecular formula is C12H27N3O. The molecule has 0 aliphatic rings. The Bertz CT molecular complexity index is 210. The molecule has 0 aromatic rings. The van der Waals surface area contributed by atoms with Gasteiger partial charge in [-0.2, -0.15) is 0 Å². The summed E-state index contributed by atoms with van der Waals surface area (Å²) >= 11 is 0. The topological polar surface area (TPSA) is 70.6 Å². The van der Waals surface area contributed by atoms with Crippen LogP contribution in [0.15, 0.2) is 5.16 Å². The minimum Gasteiger partial charge on any atom is -0.409 e. The summed E-state index contributed by atoms with van der Waals surface area (Å²) < 4.78 is 0. The first kappa shape index (κ1) is 15.2. The quantitative estimate of drug-likeness (QED) is 0.197. The first-order chi connectivity index (χ1) is 7.47. The van der Waals surface area contributed by atoms with E-state index >= 15 is 0 Å². The highest BCUT2D eigenvalue weighted by Crippen LogP contribution is 2.21. The van der Waals surface area contributed by atoms with Crippen LogP contribution in [-0.4, -0.2) is 23.6 Å². The van der Waals surface area contributed by atoms with E-state index in [0.717, 1.165) is 19.4 Å². The fourth-order valence-corrected chi connectivity index (χ4v) is 1.68. The Balaban J connectivity index is 3.81. The number of rotatable bonds is 8. The van der Waals surface area contributed by atoms with Gasteiger partial charge in [0, 0.05) is 11.5 Å². The van der Waals surface area contributed by atoms with Crippen LogP contribution in [0.5, 0.6) is 0 Å². The van der Waals surface area contributed by atoms with E-state index in [2.05, 4.69) is 24.3 Å². The van der Waals surface area contributed by atoms with Crippen LogP contribution in [0.3, 0.4) is 0 Å². The zero-order valence-corrected chi connectivity index (χ0v) is 11.1. The number of nitrogens with zero attached hydrogens (tertiary/aromatic N) is 1. The molecule has 0 aliphatic heterocycles. The Morgan fingerprint density at radius 2 is 1.94 bits per heavy atom. The average molecular weight is 229 g/mol. The molecule has 0 fully saturated rings. The van der Waals surface area contributed by atoms with Crippen LogP contribution in [-0.2, 0) is 0 Å². The number of nitrogens with one attached hydrogen (secondary N) is 1. The van der Waals surface area contributed by atoms with Crippen LogP contribution in [0.25, 0.3) is 0 Å². The van der Waals surface area contributed by atoms with Gasteiger partial charge in [0.2, 0.25) is 0 Å². The normalized spacial score (nSPS) is 13.4. The molecule has 0 aliphatic carbocycles. The summed E-state index contributed by atoms with van der Waals surface area (Å²) in [6, 6.07) is 0.618. The second-order valence-electron chi connectivity index (χ2n) is 4.94. The Hall–Kier alpha value is -0.770. The van der Waals surface area contributed by atoms with Crippen molar-refractivity contribution in [3.05, 3.63) is 0 Å². The monoisotopic (exact) mass is 229 g/mol. The Kier molecular flexibility index (Phi) is 7.13. The summed E-state index contributed by atoms with van der Waals surface area (Å²) in [6.07, 6.45) is 4.30. The molecule has 0 saturated heterocycles. The molecule has 4 nitrogen and oxygen atoms in total. The van der Waals surface area contributed by atoms with E-state index in [0.29, 0.717) is 11.9 Å². The first-order valence-corrected chi connectivity index (χ1v) is 6.19. The van der Waals surface area contributed by atoms with E-state index in [1.165, 1.54) is 12.8 Å². The molecule has 0 heterocycles. The van der Waals surface area contributed by atoms with Crippen molar-refractivity contribution in [2.45, 2.75) is 59.4 Å². The van der Waals surface area contributed by atoms with Gasteiger partial charge >= 0.3 is 0 Å². The summed E-state index contributed by atoms with van der Waals surface area (Å²) in [6.45, 7) is 9.38. The Labute approximate surface area is 99.3 Å². The third-order valence-corrected chi connectivity index (χ3v) is 3.20. The number of nitrogens with two attached hydrogens (primary N) is 1. The molecule has 0 amide bonds. The molecule has 0 aromatic carbocycles. The highest BCUT2D eigenvalue weighted by Gasteiger charge is 2.22. The third kappa shape index (κ3) is 5.35. The second-order valence-corrected chi connectivity index (χ2v) is 4.94. The van der Waals surface area contributed by atoms with E-state index in [9.17, 15) is 0 Å². The van der Waals surface area contributed by atoms with Gasteiger partial charge in [-0.05, 0) is 32.2 Å². The Morgan fingerprint density at radius 1 is 1.38 bits per heavy atom. The van der Waals surface area contributed by atoms with E-state index < -0.39 is 0 Å². The molecule has 0 spiro atoms. The third-order valence-electron chi connectivity index (χ3n) is 3.20. The summed E-state index contributed by atoms with van der Waals surface area (Å²) in [5.74, 6) is 0.315. The number of hydrogen-bond donors (Lipinski definition) is 3. The maximum absolute atomic E-state index is 8.64. The minimum atomic E-state index is -0.218. The van der Waals surface area contributed by atoms with Crippen LogP contribution in [0.4, 0.5) is 0 Å². The lowest BCUT2D eigenvalue weighted by Crippen LogP contribution is -2.34. The predicted molar refractivity (Wildman–Crippen MR) is 68.8 cm³/mol. The molecule has 0 atom stereocenters. The highest BCUT2D eigenvalue weighted by atomic mass is 16.4. The molecule has 96 valence electrons. The van der Waals surface area contributed by atoms with Crippen molar-refractivity contribution in [2.24, 2.45) is 16.3 Å². The number of oxime groups is 1. The summed E-state index contributed by atoms with van der Waals surface area (Å²) in [5.41, 5.74) is 5.41. The van der Waals surface area contributed by atoms with Crippen molar-refractivity contribution >= 4 is 5.84 Å². The summed E-state index contributed by atoms with van der Waals surface area (Å²) in [5, 5.41) is 15.2. The summed E-state index contributed by atoms with van der Waals surface area (Å²) in [4.78, 5) is 0. The van der Waals surface area contributed by atoms with Crippen molar-refractivity contribution in [3.8, 4) is 0 Å². The van der Waals surface area contributed by atoms with Gasteiger partial charge in [0.25, 0.3) is 0 Å². The molecule has 4 N–H and O–H groups in total. The molecule has 4 heteroatoms. The zero-order valence-electron chi connectivity index (χ0n) is 11.1. The van der Waals surface area contributed by atoms with E-state index in [4.69, 9.17) is 10.9 Å². The van der Waals surface area contributed by atoms with Gasteiger partial charge < -0.3 is 16.3 Å². The smallest absolute Gasteiger partial charge is 0.144 e. The Morgan fingerprint density at radius 3 is 2.38 bits per heavy atom. The fraction of sp³-hybridized carbons (Fsp3) is 0.917. The molecule has 0 radical (unpaired) electrons. The van der Waals surface area contributed by atoms with Crippen molar-refractivity contribution < 1.29 is 5.21 Å². The van der Waals surface area contributed by atoms with Gasteiger partial charge in [-0.3, -0.25) is 0 Å². The number of amidine groups is 1. The highest BCUT2D eigenvalue weighted by molar-refractivity contribution is 5.85. The molecular weight excluding hydrogens is 202 g/mol. The maximum atomic E-state index is 8.64. The van der Waals surface area contributed by atoms with Gasteiger partial charge in [0.05, 0.1) is 0 Å². The lowest BCUT2D eigenvalue weighted by Gasteiger charge is -2.23. The van der Waals surface area contributed by atoms with Crippen LogP contribution in [0.2, 0.25) is 0 Å². The van der Waals surface area contributed by atoms with Crippen LogP contribution >= 0.6 is 0 Å². The molecule has 0 aromatic heterocycles. The number of hydrogen-bond acceptors (Lipinski definition) is 3. The molecule has 0 bridgehead atoms. The van der Waals surface area contributed by atoms with Crippen molar-refractivity contribution in [1.29, 1.82) is 0 Å². The molecule has 0 saturated carbocycles. The van der Waals surface area contributed by atoms with Gasteiger partial charge in [-0.15, -0.1) is 0 Å². The first-order valence-electron chi connectivity index (χ1n) is 6.19. The van der Waals surface area contributed by atoms with E-state index in [1.54, 1.807) is 0 Å². The van der Waals surface area contributed by atoms with Crippen molar-refractivity contribution in [3.63, 3.8) is 0 Å². The largest absolute Gasteiger partial charge is 0.409 e. The molecule has 0 unspecified atom stereocenters. The second kappa shape index (κ2) is 7.49. The van der Waals surface area contributed by atoms with Gasteiger partial charge in [0.15, 0.2) is 0 Å². The minimum absolute atomic E-state index is 0.218. The SMILES string of the molecule is CCC(CC)NCCCC(C)(C)C(N)=NO. The maximum Gasteiger partial charge on any atom is 0.144 e. The lowest BCUT2D eigenvalue weighted by molar-refractivity contribution is 0.304. The van der Waals surface area contributed by atoms with Crippen LogP contribution in [0, 0.1) is 5.41 Å². The predicted octanol–water partition coefficient (Wildman–Crippen LogP) is 2.32. The molecule has 16 heavy (non-hydrogen) atoms. The van der Waals surface area contributed by atoms with Gasteiger partial charge in [-0.25, -0.2) is 0 Å². The standard InChI is InChI=1S/C12H27N3O/c1-5-10(6-2)14-9-7-8-12(3,4)11(13)15-16/h10,14,16H,5-9H2,1-4H3,(H2,13,15). The summed E-state index contributed by atoms with van der Waals surface area (Å²) in [7, 11) is 0. The van der Waals surface area contributed by atoms with Crippen molar-refractivity contribution in [1.82, 2.24) is 5.32 Å². The van der Waals surface area contributed by atoms with Crippen LogP contribution in [0.1, 0.15) is 53.4 Å². The lowest BCUT2D eigenvalue weighted by atomic mass is 9.86. The van der Waals surface area contributed by atoms with Gasteiger partial charge in [0.1, 0.15) is 5.84 Å². The van der Waals surface area contributed by atoms with E-state index in [-0.39, 0.29) is 5.41 Å². The molecule has 0 rings (SSSR count). The fourth-order valence-electron chi connectivity index (χ4n) is 1.68. The van der Waals surface area contributed by atoms with Crippen LogP contribution < -0.4 is 11.1 Å².